The Morgan fingerprint density at radius 1 is 1.28 bits per heavy atom. The molecular weight excluding hydrogens is 324 g/mol. The molecule has 8 nitrogen and oxygen atoms in total. The molecule has 8 heteroatoms. The molecule has 0 spiro atoms. The van der Waals surface area contributed by atoms with E-state index in [1.165, 1.54) is 16.9 Å². The van der Waals surface area contributed by atoms with Crippen LogP contribution in [-0.2, 0) is 11.3 Å². The second-order valence-corrected chi connectivity index (χ2v) is 5.44. The lowest BCUT2D eigenvalue weighted by atomic mass is 10.1. The van der Waals surface area contributed by atoms with Gasteiger partial charge in [-0.1, -0.05) is 0 Å². The predicted molar refractivity (Wildman–Crippen MR) is 90.8 cm³/mol. The maximum Gasteiger partial charge on any atom is 0.325 e. The van der Waals surface area contributed by atoms with Gasteiger partial charge in [0.05, 0.1) is 18.2 Å². The molecule has 0 aliphatic carbocycles. The fraction of sp³-hybridized carbons (Fsp3) is 0.176. The van der Waals surface area contributed by atoms with Gasteiger partial charge in [0.25, 0.3) is 5.91 Å². The molecule has 0 fully saturated rings. The zero-order valence-corrected chi connectivity index (χ0v) is 13.7. The normalized spacial score (nSPS) is 10.6. The molecule has 0 saturated carbocycles. The Morgan fingerprint density at radius 3 is 2.80 bits per heavy atom. The van der Waals surface area contributed by atoms with Crippen molar-refractivity contribution in [3.8, 4) is 5.75 Å². The molecule has 2 N–H and O–H groups in total. The van der Waals surface area contributed by atoms with E-state index >= 15 is 0 Å². The highest BCUT2D eigenvalue weighted by Crippen LogP contribution is 2.24. The number of carboxylic acid groups (broad SMARTS) is 1. The number of nitrogens with zero attached hydrogens (tertiary/aromatic N) is 3. The Hall–Kier alpha value is -3.42. The molecule has 0 unspecified atom stereocenters. The van der Waals surface area contributed by atoms with Crippen molar-refractivity contribution in [2.24, 2.45) is 0 Å². The van der Waals surface area contributed by atoms with Crippen LogP contribution in [0.2, 0.25) is 0 Å². The molecule has 2 heterocycles. The average Bonchev–Trinajstić information content (AvgIpc) is 2.99. The molecule has 1 amide bonds. The molecule has 0 saturated heterocycles. The number of methoxy groups -OCH3 is 1. The van der Waals surface area contributed by atoms with Gasteiger partial charge >= 0.3 is 5.97 Å². The Labute approximate surface area is 143 Å². The molecule has 0 radical (unpaired) electrons. The molecule has 128 valence electrons. The van der Waals surface area contributed by atoms with Crippen LogP contribution in [0.3, 0.4) is 0 Å². The van der Waals surface area contributed by atoms with Crippen LogP contribution in [0.4, 0.5) is 5.82 Å². The van der Waals surface area contributed by atoms with Crippen LogP contribution in [0.5, 0.6) is 5.75 Å². The van der Waals surface area contributed by atoms with Crippen molar-refractivity contribution in [1.82, 2.24) is 14.8 Å². The highest BCUT2D eigenvalue weighted by Gasteiger charge is 2.14. The summed E-state index contributed by atoms with van der Waals surface area (Å²) in [6.07, 6.45) is 1.49. The number of nitrogens with one attached hydrogen (secondary N) is 1. The summed E-state index contributed by atoms with van der Waals surface area (Å²) >= 11 is 0. The van der Waals surface area contributed by atoms with Crippen molar-refractivity contribution < 1.29 is 19.4 Å². The summed E-state index contributed by atoms with van der Waals surface area (Å²) in [6.45, 7) is 1.53. The minimum atomic E-state index is -1.01. The highest BCUT2D eigenvalue weighted by molar-refractivity contribution is 6.12. The topological polar surface area (TPSA) is 106 Å². The number of carbonyl (C=O) groups is 2. The molecule has 0 bridgehead atoms. The maximum atomic E-state index is 12.7. The van der Waals surface area contributed by atoms with Crippen LogP contribution >= 0.6 is 0 Å². The molecule has 0 aliphatic rings. The third kappa shape index (κ3) is 3.57. The van der Waals surface area contributed by atoms with Crippen LogP contribution in [0, 0.1) is 6.92 Å². The van der Waals surface area contributed by atoms with Crippen LogP contribution in [-0.4, -0.2) is 38.9 Å². The van der Waals surface area contributed by atoms with Crippen LogP contribution in [0.1, 0.15) is 16.1 Å². The van der Waals surface area contributed by atoms with Gasteiger partial charge in [-0.2, -0.15) is 5.10 Å². The van der Waals surface area contributed by atoms with E-state index < -0.39 is 5.97 Å². The first-order valence-corrected chi connectivity index (χ1v) is 7.48. The Bertz CT molecular complexity index is 964. The number of benzene rings is 1. The fourth-order valence-corrected chi connectivity index (χ4v) is 2.49. The van der Waals surface area contributed by atoms with Gasteiger partial charge in [-0.25, -0.2) is 0 Å². The summed E-state index contributed by atoms with van der Waals surface area (Å²) in [6, 6.07) is 8.55. The number of hydrogen-bond donors (Lipinski definition) is 2. The van der Waals surface area contributed by atoms with Gasteiger partial charge in [0.2, 0.25) is 0 Å². The van der Waals surface area contributed by atoms with E-state index in [0.717, 1.165) is 0 Å². The van der Waals surface area contributed by atoms with E-state index in [4.69, 9.17) is 9.84 Å². The Morgan fingerprint density at radius 2 is 2.08 bits per heavy atom. The number of fused-ring (bicyclic) bond motifs is 1. The summed E-state index contributed by atoms with van der Waals surface area (Å²) < 4.78 is 6.45. The van der Waals surface area contributed by atoms with Crippen molar-refractivity contribution in [3.05, 3.63) is 47.8 Å². The number of aliphatic carboxylic acids is 1. The third-order valence-electron chi connectivity index (χ3n) is 3.57. The van der Waals surface area contributed by atoms with Crippen LogP contribution < -0.4 is 10.1 Å². The van der Waals surface area contributed by atoms with Gasteiger partial charge in [0.1, 0.15) is 12.3 Å². The maximum absolute atomic E-state index is 12.7. The van der Waals surface area contributed by atoms with E-state index in [0.29, 0.717) is 27.9 Å². The van der Waals surface area contributed by atoms with E-state index in [1.54, 1.807) is 31.4 Å². The summed E-state index contributed by atoms with van der Waals surface area (Å²) in [5, 5.41) is 16.1. The van der Waals surface area contributed by atoms with Crippen molar-refractivity contribution >= 4 is 28.6 Å². The first-order valence-electron chi connectivity index (χ1n) is 7.48. The second-order valence-electron chi connectivity index (χ2n) is 5.44. The van der Waals surface area contributed by atoms with E-state index in [9.17, 15) is 9.59 Å². The lowest BCUT2D eigenvalue weighted by Gasteiger charge is -2.09. The number of anilines is 1. The second kappa shape index (κ2) is 6.60. The molecule has 3 aromatic rings. The lowest BCUT2D eigenvalue weighted by molar-refractivity contribution is -0.137. The SMILES string of the molecule is COc1ccc2nc(C)cc(C(=O)Nc3ccn(CC(=O)O)n3)c2c1. The number of ether oxygens (including phenoxy) is 1. The van der Waals surface area contributed by atoms with Crippen LogP contribution in [0.25, 0.3) is 10.9 Å². The standard InChI is InChI=1S/C17H16N4O4/c1-10-7-13(12-8-11(25-2)3-4-14(12)18-10)17(24)19-15-5-6-21(20-15)9-16(22)23/h3-8H,9H2,1-2H3,(H,22,23)(H,19,20,24). The summed E-state index contributed by atoms with van der Waals surface area (Å²) in [5.41, 5.74) is 1.83. The quantitative estimate of drug-likeness (QED) is 0.736. The molecule has 25 heavy (non-hydrogen) atoms. The van der Waals surface area contributed by atoms with Crippen molar-refractivity contribution in [1.29, 1.82) is 0 Å². The van der Waals surface area contributed by atoms with E-state index in [2.05, 4.69) is 15.4 Å². The smallest absolute Gasteiger partial charge is 0.325 e. The number of hydrogen-bond acceptors (Lipinski definition) is 5. The van der Waals surface area contributed by atoms with Gasteiger partial charge in [0.15, 0.2) is 5.82 Å². The van der Waals surface area contributed by atoms with Crippen molar-refractivity contribution in [2.75, 3.05) is 12.4 Å². The molecule has 0 atom stereocenters. The summed E-state index contributed by atoms with van der Waals surface area (Å²) in [7, 11) is 1.55. The Kier molecular flexibility index (Phi) is 4.34. The molecule has 2 aromatic heterocycles. The molecular formula is C17H16N4O4. The highest BCUT2D eigenvalue weighted by atomic mass is 16.5. The summed E-state index contributed by atoms with van der Waals surface area (Å²) in [5.74, 6) is -0.470. The van der Waals surface area contributed by atoms with Gasteiger partial charge in [0, 0.05) is 23.3 Å². The monoisotopic (exact) mass is 340 g/mol. The molecule has 0 aliphatic heterocycles. The minimum absolute atomic E-state index is 0.273. The number of aromatic nitrogens is 3. The van der Waals surface area contributed by atoms with Gasteiger partial charge < -0.3 is 15.2 Å². The zero-order valence-electron chi connectivity index (χ0n) is 13.7. The lowest BCUT2D eigenvalue weighted by Crippen LogP contribution is -2.15. The van der Waals surface area contributed by atoms with Gasteiger partial charge in [-0.3, -0.25) is 19.3 Å². The largest absolute Gasteiger partial charge is 0.497 e. The third-order valence-corrected chi connectivity index (χ3v) is 3.57. The van der Waals surface area contributed by atoms with E-state index in [-0.39, 0.29) is 18.3 Å². The first kappa shape index (κ1) is 16.4. The van der Waals surface area contributed by atoms with Gasteiger partial charge in [-0.15, -0.1) is 0 Å². The Balaban J connectivity index is 1.93. The van der Waals surface area contributed by atoms with Gasteiger partial charge in [-0.05, 0) is 31.2 Å². The number of rotatable bonds is 5. The molecule has 1 aromatic carbocycles. The number of pyridine rings is 1. The number of amides is 1. The summed E-state index contributed by atoms with van der Waals surface area (Å²) in [4.78, 5) is 27.8. The zero-order chi connectivity index (χ0) is 18.0. The van der Waals surface area contributed by atoms with Crippen molar-refractivity contribution in [2.45, 2.75) is 13.5 Å². The predicted octanol–water partition coefficient (Wildman–Crippen LogP) is 2.09. The fourth-order valence-electron chi connectivity index (χ4n) is 2.49. The average molecular weight is 340 g/mol. The minimum Gasteiger partial charge on any atom is -0.497 e. The van der Waals surface area contributed by atoms with E-state index in [1.807, 2.05) is 6.92 Å². The number of carboxylic acids is 1. The molecule has 3 rings (SSSR count). The number of aryl methyl sites for hydroxylation is 1. The first-order chi connectivity index (χ1) is 12.0. The van der Waals surface area contributed by atoms with Crippen LogP contribution in [0.15, 0.2) is 36.5 Å². The van der Waals surface area contributed by atoms with Crippen molar-refractivity contribution in [3.63, 3.8) is 0 Å². The number of carbonyl (C=O) groups excluding carboxylic acids is 1.